The number of carbonyl (C=O) groups excluding carboxylic acids is 1. The Morgan fingerprint density at radius 3 is 2.67 bits per heavy atom. The van der Waals surface area contributed by atoms with Crippen LogP contribution in [0.5, 0.6) is 0 Å². The summed E-state index contributed by atoms with van der Waals surface area (Å²) < 4.78 is 39.2. The molecular weight excluding hydrogens is 373 g/mol. The van der Waals surface area contributed by atoms with E-state index in [9.17, 15) is 18.0 Å². The van der Waals surface area contributed by atoms with Crippen molar-refractivity contribution in [1.29, 1.82) is 0 Å². The van der Waals surface area contributed by atoms with Crippen molar-refractivity contribution in [2.75, 3.05) is 0 Å². The van der Waals surface area contributed by atoms with Crippen molar-refractivity contribution < 1.29 is 18.0 Å². The Bertz CT molecular complexity index is 667. The molecule has 0 saturated carbocycles. The molecule has 0 saturated heterocycles. The Morgan fingerprint density at radius 2 is 2.19 bits per heavy atom. The predicted molar refractivity (Wildman–Crippen MR) is 73.9 cm³/mol. The lowest BCUT2D eigenvalue weighted by atomic mass is 10.2. The highest BCUT2D eigenvalue weighted by atomic mass is 79.9. The van der Waals surface area contributed by atoms with E-state index in [2.05, 4.69) is 31.3 Å². The number of alkyl halides is 3. The number of amides is 1. The molecule has 0 aliphatic rings. The Kier molecular flexibility index (Phi) is 4.38. The monoisotopic (exact) mass is 382 g/mol. The fourth-order valence-electron chi connectivity index (χ4n) is 1.62. The third-order valence-corrected chi connectivity index (χ3v) is 4.33. The Morgan fingerprint density at radius 1 is 1.52 bits per heavy atom. The summed E-state index contributed by atoms with van der Waals surface area (Å²) in [6, 6.07) is 0.357. The number of hydrogen-bond donors (Lipinski definition) is 1. The molecule has 0 aliphatic heterocycles. The standard InChI is InChI=1S/C11H10BrF3N4OS/c1-5(7-4-16-10(12)21-7)17-9(20)6-3-8(11(13,14)15)18-19(6)2/h3-5H,1-2H3,(H,17,20)/t5-/m0/s1. The van der Waals surface area contributed by atoms with Crippen LogP contribution in [0.2, 0.25) is 0 Å². The van der Waals surface area contributed by atoms with Crippen molar-refractivity contribution in [3.05, 3.63) is 32.4 Å². The van der Waals surface area contributed by atoms with E-state index < -0.39 is 17.8 Å². The summed E-state index contributed by atoms with van der Waals surface area (Å²) in [6.45, 7) is 1.72. The minimum absolute atomic E-state index is 0.155. The smallest absolute Gasteiger partial charge is 0.343 e. The van der Waals surface area contributed by atoms with Crippen LogP contribution < -0.4 is 5.32 Å². The topological polar surface area (TPSA) is 59.8 Å². The Balaban J connectivity index is 2.15. The molecular formula is C11H10BrF3N4OS. The lowest BCUT2D eigenvalue weighted by Crippen LogP contribution is -2.27. The van der Waals surface area contributed by atoms with Crippen LogP contribution in [0.4, 0.5) is 13.2 Å². The van der Waals surface area contributed by atoms with Crippen LogP contribution in [0.25, 0.3) is 0 Å². The molecule has 0 unspecified atom stereocenters. The van der Waals surface area contributed by atoms with Crippen LogP contribution >= 0.6 is 27.3 Å². The molecule has 0 radical (unpaired) electrons. The molecule has 1 atom stereocenters. The van der Waals surface area contributed by atoms with E-state index in [0.717, 1.165) is 15.6 Å². The van der Waals surface area contributed by atoms with Gasteiger partial charge in [0.05, 0.1) is 6.04 Å². The molecule has 0 spiro atoms. The highest BCUT2D eigenvalue weighted by molar-refractivity contribution is 9.11. The molecule has 0 bridgehead atoms. The molecule has 0 aromatic carbocycles. The van der Waals surface area contributed by atoms with Gasteiger partial charge in [0.2, 0.25) is 0 Å². The number of nitrogens with zero attached hydrogens (tertiary/aromatic N) is 3. The molecule has 2 aromatic rings. The van der Waals surface area contributed by atoms with Gasteiger partial charge in [0.25, 0.3) is 5.91 Å². The van der Waals surface area contributed by atoms with Crippen LogP contribution in [0.3, 0.4) is 0 Å². The van der Waals surface area contributed by atoms with Gasteiger partial charge >= 0.3 is 6.18 Å². The summed E-state index contributed by atoms with van der Waals surface area (Å²) in [6.07, 6.45) is -2.99. The van der Waals surface area contributed by atoms with Crippen molar-refractivity contribution in [2.45, 2.75) is 19.1 Å². The number of thiazole rings is 1. The Labute approximate surface area is 130 Å². The highest BCUT2D eigenvalue weighted by Gasteiger charge is 2.35. The van der Waals surface area contributed by atoms with Crippen LogP contribution in [0.15, 0.2) is 16.2 Å². The number of rotatable bonds is 3. The van der Waals surface area contributed by atoms with Gasteiger partial charge in [0, 0.05) is 24.2 Å². The summed E-state index contributed by atoms with van der Waals surface area (Å²) in [7, 11) is 1.29. The largest absolute Gasteiger partial charge is 0.435 e. The summed E-state index contributed by atoms with van der Waals surface area (Å²) in [5.74, 6) is -0.627. The van der Waals surface area contributed by atoms with Gasteiger partial charge in [0.1, 0.15) is 5.69 Å². The maximum absolute atomic E-state index is 12.6. The molecule has 2 heterocycles. The maximum Gasteiger partial charge on any atom is 0.435 e. The average molecular weight is 383 g/mol. The molecule has 114 valence electrons. The van der Waals surface area contributed by atoms with Gasteiger partial charge < -0.3 is 5.32 Å². The minimum Gasteiger partial charge on any atom is -0.343 e. The van der Waals surface area contributed by atoms with Crippen molar-refractivity contribution in [3.8, 4) is 0 Å². The van der Waals surface area contributed by atoms with Crippen molar-refractivity contribution in [3.63, 3.8) is 0 Å². The predicted octanol–water partition coefficient (Wildman–Crippen LogP) is 3.15. The third-order valence-electron chi connectivity index (χ3n) is 2.67. The number of halogens is 4. The van der Waals surface area contributed by atoms with Crippen molar-refractivity contribution in [2.24, 2.45) is 7.05 Å². The first-order chi connectivity index (χ1) is 9.68. The van der Waals surface area contributed by atoms with Crippen molar-refractivity contribution >= 4 is 33.2 Å². The normalized spacial score (nSPS) is 13.2. The molecule has 21 heavy (non-hydrogen) atoms. The Hall–Kier alpha value is -1.42. The van der Waals surface area contributed by atoms with E-state index >= 15 is 0 Å². The zero-order chi connectivity index (χ0) is 15.8. The van der Waals surface area contributed by atoms with Gasteiger partial charge in [0.15, 0.2) is 9.61 Å². The third kappa shape index (κ3) is 3.62. The lowest BCUT2D eigenvalue weighted by molar-refractivity contribution is -0.141. The number of nitrogens with one attached hydrogen (secondary N) is 1. The summed E-state index contributed by atoms with van der Waals surface area (Å²) in [5.41, 5.74) is -1.25. The minimum atomic E-state index is -4.58. The number of aromatic nitrogens is 3. The molecule has 2 aromatic heterocycles. The summed E-state index contributed by atoms with van der Waals surface area (Å²) in [5, 5.41) is 5.91. The van der Waals surface area contributed by atoms with Crippen LogP contribution in [0, 0.1) is 0 Å². The molecule has 10 heteroatoms. The van der Waals surface area contributed by atoms with Gasteiger partial charge in [-0.05, 0) is 22.9 Å². The fourth-order valence-corrected chi connectivity index (χ4v) is 2.93. The second-order valence-corrected chi connectivity index (χ2v) is 6.59. The molecule has 1 amide bonds. The van der Waals surface area contributed by atoms with Gasteiger partial charge in [-0.3, -0.25) is 9.48 Å². The van der Waals surface area contributed by atoms with Gasteiger partial charge in [-0.1, -0.05) is 0 Å². The summed E-state index contributed by atoms with van der Waals surface area (Å²) >= 11 is 4.54. The summed E-state index contributed by atoms with van der Waals surface area (Å²) in [4.78, 5) is 16.8. The molecule has 1 N–H and O–H groups in total. The molecule has 5 nitrogen and oxygen atoms in total. The molecule has 0 fully saturated rings. The average Bonchev–Trinajstić information content (AvgIpc) is 2.94. The molecule has 0 aliphatic carbocycles. The molecule has 2 rings (SSSR count). The van der Waals surface area contributed by atoms with Gasteiger partial charge in [-0.15, -0.1) is 11.3 Å². The number of hydrogen-bond acceptors (Lipinski definition) is 4. The zero-order valence-corrected chi connectivity index (χ0v) is 13.3. The van der Waals surface area contributed by atoms with Crippen LogP contribution in [0.1, 0.15) is 34.0 Å². The van der Waals surface area contributed by atoms with Crippen molar-refractivity contribution in [1.82, 2.24) is 20.1 Å². The second-order valence-electron chi connectivity index (χ2n) is 4.25. The van der Waals surface area contributed by atoms with E-state index in [0.29, 0.717) is 3.92 Å². The van der Waals surface area contributed by atoms with E-state index in [1.165, 1.54) is 18.4 Å². The highest BCUT2D eigenvalue weighted by Crippen LogP contribution is 2.29. The lowest BCUT2D eigenvalue weighted by Gasteiger charge is -2.11. The zero-order valence-electron chi connectivity index (χ0n) is 10.9. The van der Waals surface area contributed by atoms with E-state index in [-0.39, 0.29) is 11.7 Å². The van der Waals surface area contributed by atoms with Crippen LogP contribution in [-0.4, -0.2) is 20.7 Å². The first-order valence-corrected chi connectivity index (χ1v) is 7.32. The van der Waals surface area contributed by atoms with E-state index in [1.54, 1.807) is 13.1 Å². The quantitative estimate of drug-likeness (QED) is 0.886. The first-order valence-electron chi connectivity index (χ1n) is 5.72. The van der Waals surface area contributed by atoms with Gasteiger partial charge in [-0.25, -0.2) is 4.98 Å². The van der Waals surface area contributed by atoms with Crippen LogP contribution in [-0.2, 0) is 13.2 Å². The fraction of sp³-hybridized carbons (Fsp3) is 0.364. The first kappa shape index (κ1) is 16.0. The van der Waals surface area contributed by atoms with Gasteiger partial charge in [-0.2, -0.15) is 18.3 Å². The van der Waals surface area contributed by atoms with E-state index in [1.807, 2.05) is 0 Å². The van der Waals surface area contributed by atoms with E-state index in [4.69, 9.17) is 0 Å². The maximum atomic E-state index is 12.6. The second kappa shape index (κ2) is 5.76. The number of carbonyl (C=O) groups is 1. The number of aryl methyl sites for hydroxylation is 1. The SMILES string of the molecule is C[C@H](NC(=O)c1cc(C(F)(F)F)nn1C)c1cnc(Br)s1.